The molecular formula is C27H39N3O4. The van der Waals surface area contributed by atoms with Crippen molar-refractivity contribution in [2.24, 2.45) is 5.73 Å². The molecule has 7 heteroatoms. The fourth-order valence-electron chi connectivity index (χ4n) is 4.26. The van der Waals surface area contributed by atoms with Crippen LogP contribution in [0, 0.1) is 0 Å². The normalized spacial score (nSPS) is 12.8. The van der Waals surface area contributed by atoms with Crippen molar-refractivity contribution in [1.82, 2.24) is 10.2 Å². The molecule has 0 radical (unpaired) electrons. The van der Waals surface area contributed by atoms with Gasteiger partial charge in [0, 0.05) is 50.3 Å². The van der Waals surface area contributed by atoms with E-state index in [0.717, 1.165) is 18.4 Å². The first-order chi connectivity index (χ1) is 16.4. The Morgan fingerprint density at radius 3 is 2.26 bits per heavy atom. The largest absolute Gasteiger partial charge is 0.391 e. The van der Waals surface area contributed by atoms with Crippen LogP contribution in [0.1, 0.15) is 64.4 Å². The molecule has 2 aromatic rings. The number of benzene rings is 2. The molecule has 0 aliphatic carbocycles. The van der Waals surface area contributed by atoms with Gasteiger partial charge in [0.05, 0.1) is 12.7 Å². The Morgan fingerprint density at radius 1 is 1.03 bits per heavy atom. The second-order valence-electron chi connectivity index (χ2n) is 8.48. The van der Waals surface area contributed by atoms with Crippen molar-refractivity contribution in [3.05, 3.63) is 70.8 Å². The molecule has 0 aliphatic rings. The zero-order valence-electron chi connectivity index (χ0n) is 20.6. The summed E-state index contributed by atoms with van der Waals surface area (Å²) in [5.41, 5.74) is 7.99. The van der Waals surface area contributed by atoms with Crippen LogP contribution < -0.4 is 11.1 Å². The van der Waals surface area contributed by atoms with Crippen LogP contribution in [0.15, 0.2) is 48.5 Å². The number of hydrogen-bond acceptors (Lipinski definition) is 5. The molecule has 0 heterocycles. The summed E-state index contributed by atoms with van der Waals surface area (Å²) in [6.07, 6.45) is 1.27. The molecule has 4 N–H and O–H groups in total. The minimum atomic E-state index is -0.852. The van der Waals surface area contributed by atoms with E-state index in [1.54, 1.807) is 25.3 Å². The van der Waals surface area contributed by atoms with E-state index in [-0.39, 0.29) is 18.0 Å². The van der Waals surface area contributed by atoms with E-state index in [1.165, 1.54) is 0 Å². The Hall–Kier alpha value is -2.74. The van der Waals surface area contributed by atoms with E-state index in [9.17, 15) is 14.7 Å². The van der Waals surface area contributed by atoms with Gasteiger partial charge in [-0.1, -0.05) is 50.2 Å². The highest BCUT2D eigenvalue weighted by Gasteiger charge is 2.31. The highest BCUT2D eigenvalue weighted by molar-refractivity contribution is 6.02. The van der Waals surface area contributed by atoms with Gasteiger partial charge in [-0.2, -0.15) is 0 Å². The second-order valence-corrected chi connectivity index (χ2v) is 8.48. The molecule has 2 atom stereocenters. The minimum absolute atomic E-state index is 0.139. The van der Waals surface area contributed by atoms with E-state index < -0.39 is 17.9 Å². The highest BCUT2D eigenvalue weighted by Crippen LogP contribution is 2.32. The Bertz CT molecular complexity index is 898. The van der Waals surface area contributed by atoms with Crippen LogP contribution in [0.25, 0.3) is 0 Å². The lowest BCUT2D eigenvalue weighted by Gasteiger charge is -2.29. The molecule has 0 saturated carbocycles. The van der Waals surface area contributed by atoms with Crippen LogP contribution in [0.5, 0.6) is 0 Å². The van der Waals surface area contributed by atoms with E-state index in [0.29, 0.717) is 43.8 Å². The Morgan fingerprint density at radius 2 is 1.68 bits per heavy atom. The number of rotatable bonds is 15. The van der Waals surface area contributed by atoms with Crippen LogP contribution in [-0.2, 0) is 11.2 Å². The molecule has 186 valence electrons. The fourth-order valence-corrected chi connectivity index (χ4v) is 4.26. The van der Waals surface area contributed by atoms with Gasteiger partial charge in [0.15, 0.2) is 0 Å². The van der Waals surface area contributed by atoms with Crippen LogP contribution in [0.3, 0.4) is 0 Å². The summed E-state index contributed by atoms with van der Waals surface area (Å²) in [5.74, 6) is -1.26. The summed E-state index contributed by atoms with van der Waals surface area (Å²) in [6, 6.07) is 14.8. The topological polar surface area (TPSA) is 105 Å². The number of carbonyl (C=O) groups is 2. The monoisotopic (exact) mass is 469 g/mol. The number of aliphatic hydroxyl groups is 1. The van der Waals surface area contributed by atoms with Gasteiger partial charge < -0.3 is 25.8 Å². The van der Waals surface area contributed by atoms with Gasteiger partial charge >= 0.3 is 0 Å². The quantitative estimate of drug-likeness (QED) is 0.348. The first-order valence-corrected chi connectivity index (χ1v) is 12.1. The van der Waals surface area contributed by atoms with Gasteiger partial charge in [0.1, 0.15) is 0 Å². The Kier molecular flexibility index (Phi) is 11.7. The number of primary amides is 1. The van der Waals surface area contributed by atoms with E-state index in [1.807, 2.05) is 49.1 Å². The second kappa shape index (κ2) is 14.5. The van der Waals surface area contributed by atoms with Gasteiger partial charge in [-0.25, -0.2) is 0 Å². The number of nitrogens with one attached hydrogen (secondary N) is 1. The number of hydrogen-bond donors (Lipinski definition) is 3. The van der Waals surface area contributed by atoms with Gasteiger partial charge in [-0.05, 0) is 42.5 Å². The smallest absolute Gasteiger partial charge is 0.254 e. The lowest BCUT2D eigenvalue weighted by Crippen LogP contribution is -2.38. The van der Waals surface area contributed by atoms with Gasteiger partial charge in [-0.3, -0.25) is 9.59 Å². The minimum Gasteiger partial charge on any atom is -0.391 e. The molecule has 34 heavy (non-hydrogen) atoms. The molecule has 2 amide bonds. The van der Waals surface area contributed by atoms with Gasteiger partial charge in [-0.15, -0.1) is 0 Å². The third kappa shape index (κ3) is 7.65. The molecular weight excluding hydrogens is 430 g/mol. The zero-order valence-corrected chi connectivity index (χ0v) is 20.6. The van der Waals surface area contributed by atoms with Crippen LogP contribution in [-0.4, -0.2) is 67.8 Å². The van der Waals surface area contributed by atoms with Crippen molar-refractivity contribution >= 4 is 11.8 Å². The maximum atomic E-state index is 13.7. The molecule has 0 saturated heterocycles. The average molecular weight is 470 g/mol. The van der Waals surface area contributed by atoms with E-state index in [2.05, 4.69) is 5.32 Å². The van der Waals surface area contributed by atoms with Gasteiger partial charge in [0.2, 0.25) is 5.91 Å². The lowest BCUT2D eigenvalue weighted by molar-refractivity contribution is 0.0751. The predicted molar refractivity (Wildman–Crippen MR) is 135 cm³/mol. The van der Waals surface area contributed by atoms with Crippen LogP contribution in [0.2, 0.25) is 0 Å². The Labute approximate surface area is 203 Å². The Balaban J connectivity index is 2.57. The third-order valence-corrected chi connectivity index (χ3v) is 5.85. The number of amides is 2. The third-order valence-electron chi connectivity index (χ3n) is 5.85. The number of carbonyl (C=O) groups excluding carboxylic acids is 2. The summed E-state index contributed by atoms with van der Waals surface area (Å²) in [5, 5.41) is 14.5. The van der Waals surface area contributed by atoms with E-state index >= 15 is 0 Å². The van der Waals surface area contributed by atoms with Crippen LogP contribution >= 0.6 is 0 Å². The summed E-state index contributed by atoms with van der Waals surface area (Å²) < 4.78 is 5.08. The molecule has 0 unspecified atom stereocenters. The molecule has 2 rings (SSSR count). The zero-order chi connectivity index (χ0) is 24.9. The van der Waals surface area contributed by atoms with Crippen LogP contribution in [0.4, 0.5) is 0 Å². The first kappa shape index (κ1) is 27.5. The summed E-state index contributed by atoms with van der Waals surface area (Å²) in [6.45, 7) is 6.69. The SMILES string of the molecule is CCCN(CCC)C(=O)c1cccc(C(N)=O)c1[C@H](Cc1ccccc1)[C@@H](O)CNCCOC. The van der Waals surface area contributed by atoms with Crippen molar-refractivity contribution in [2.45, 2.75) is 45.1 Å². The maximum Gasteiger partial charge on any atom is 0.254 e. The summed E-state index contributed by atoms with van der Waals surface area (Å²) in [4.78, 5) is 28.0. The molecule has 0 aromatic heterocycles. The molecule has 7 nitrogen and oxygen atoms in total. The summed E-state index contributed by atoms with van der Waals surface area (Å²) >= 11 is 0. The average Bonchev–Trinajstić information content (AvgIpc) is 2.84. The number of nitrogens with two attached hydrogens (primary N) is 1. The standard InChI is InChI=1S/C27H39N3O4/c1-4-15-30(16-5-2)27(33)22-13-9-12-21(26(28)32)25(22)23(18-20-10-7-6-8-11-20)24(31)19-29-14-17-34-3/h6-13,23-24,29,31H,4-5,14-19H2,1-3H3,(H2,28,32)/t23-,24+/m1/s1. The highest BCUT2D eigenvalue weighted by atomic mass is 16.5. The number of methoxy groups -OCH3 is 1. The van der Waals surface area contributed by atoms with Crippen molar-refractivity contribution in [1.29, 1.82) is 0 Å². The molecule has 2 aromatic carbocycles. The first-order valence-electron chi connectivity index (χ1n) is 12.1. The van der Waals surface area contributed by atoms with Crippen molar-refractivity contribution in [2.75, 3.05) is 39.9 Å². The van der Waals surface area contributed by atoms with Crippen molar-refractivity contribution in [3.63, 3.8) is 0 Å². The number of nitrogens with zero attached hydrogens (tertiary/aromatic N) is 1. The number of ether oxygens (including phenoxy) is 1. The molecule has 0 aliphatic heterocycles. The van der Waals surface area contributed by atoms with E-state index in [4.69, 9.17) is 10.5 Å². The fraction of sp³-hybridized carbons (Fsp3) is 0.481. The lowest BCUT2D eigenvalue weighted by atomic mass is 9.81. The van der Waals surface area contributed by atoms with Crippen molar-refractivity contribution in [3.8, 4) is 0 Å². The van der Waals surface area contributed by atoms with Gasteiger partial charge in [0.25, 0.3) is 5.91 Å². The molecule has 0 spiro atoms. The maximum absolute atomic E-state index is 13.7. The molecule has 0 bridgehead atoms. The molecule has 0 fully saturated rings. The summed E-state index contributed by atoms with van der Waals surface area (Å²) in [7, 11) is 1.62. The van der Waals surface area contributed by atoms with Crippen molar-refractivity contribution < 1.29 is 19.4 Å². The number of aliphatic hydroxyl groups excluding tert-OH is 1. The predicted octanol–water partition coefficient (Wildman–Crippen LogP) is 2.97.